The van der Waals surface area contributed by atoms with Crippen LogP contribution in [-0.4, -0.2) is 48.8 Å². The Hall–Kier alpha value is -2.78. The van der Waals surface area contributed by atoms with Crippen molar-refractivity contribution in [2.75, 3.05) is 13.1 Å². The minimum atomic E-state index is -3.87. The van der Waals surface area contributed by atoms with Crippen molar-refractivity contribution < 1.29 is 27.5 Å². The number of piperidine rings is 1. The molecule has 30 heavy (non-hydrogen) atoms. The maximum atomic E-state index is 13.1. The number of carboxylic acid groups (broad SMARTS) is 1. The highest BCUT2D eigenvalue weighted by Crippen LogP contribution is 2.24. The fourth-order valence-corrected chi connectivity index (χ4v) is 4.99. The molecular formula is C21H23FN2O5S. The first-order valence-corrected chi connectivity index (χ1v) is 11.0. The summed E-state index contributed by atoms with van der Waals surface area (Å²) in [7, 11) is -3.87. The SMILES string of the molecule is O=C(N[C@@H](Cc1ccccc1)C(=O)O)C1CCCN(S(=O)(=O)c2ccc(F)cc2)C1. The summed E-state index contributed by atoms with van der Waals surface area (Å²) in [6, 6.07) is 12.4. The van der Waals surface area contributed by atoms with Gasteiger partial charge in [0.05, 0.1) is 10.8 Å². The molecular weight excluding hydrogens is 411 g/mol. The van der Waals surface area contributed by atoms with E-state index in [4.69, 9.17) is 0 Å². The molecule has 1 heterocycles. The largest absolute Gasteiger partial charge is 0.480 e. The highest BCUT2D eigenvalue weighted by atomic mass is 32.2. The predicted molar refractivity (Wildman–Crippen MR) is 108 cm³/mol. The van der Waals surface area contributed by atoms with Gasteiger partial charge in [-0.1, -0.05) is 30.3 Å². The number of aliphatic carboxylic acids is 1. The summed E-state index contributed by atoms with van der Waals surface area (Å²) in [6.07, 6.45) is 1.06. The normalized spacial score (nSPS) is 18.5. The monoisotopic (exact) mass is 434 g/mol. The average Bonchev–Trinajstić information content (AvgIpc) is 2.74. The number of halogens is 1. The van der Waals surface area contributed by atoms with Crippen LogP contribution < -0.4 is 5.32 Å². The number of amides is 1. The Morgan fingerprint density at radius 3 is 2.43 bits per heavy atom. The molecule has 0 radical (unpaired) electrons. The Kier molecular flexibility index (Phi) is 6.84. The second-order valence-electron chi connectivity index (χ2n) is 7.25. The zero-order chi connectivity index (χ0) is 21.7. The van der Waals surface area contributed by atoms with Crippen molar-refractivity contribution in [2.24, 2.45) is 5.92 Å². The summed E-state index contributed by atoms with van der Waals surface area (Å²) >= 11 is 0. The predicted octanol–water partition coefficient (Wildman–Crippen LogP) is 2.04. The molecule has 0 bridgehead atoms. The van der Waals surface area contributed by atoms with Gasteiger partial charge >= 0.3 is 5.97 Å². The molecule has 7 nitrogen and oxygen atoms in total. The van der Waals surface area contributed by atoms with Crippen molar-refractivity contribution in [1.82, 2.24) is 9.62 Å². The van der Waals surface area contributed by atoms with Crippen molar-refractivity contribution in [3.8, 4) is 0 Å². The molecule has 0 saturated carbocycles. The molecule has 1 fully saturated rings. The number of hydrogen-bond acceptors (Lipinski definition) is 4. The average molecular weight is 434 g/mol. The number of rotatable bonds is 7. The third-order valence-corrected chi connectivity index (χ3v) is 6.98. The van der Waals surface area contributed by atoms with E-state index < -0.39 is 39.7 Å². The van der Waals surface area contributed by atoms with Crippen LogP contribution in [0.3, 0.4) is 0 Å². The van der Waals surface area contributed by atoms with E-state index in [0.29, 0.717) is 12.8 Å². The van der Waals surface area contributed by atoms with Crippen molar-refractivity contribution >= 4 is 21.9 Å². The quantitative estimate of drug-likeness (QED) is 0.694. The van der Waals surface area contributed by atoms with E-state index in [0.717, 1.165) is 17.7 Å². The van der Waals surface area contributed by atoms with Crippen LogP contribution in [0.1, 0.15) is 18.4 Å². The lowest BCUT2D eigenvalue weighted by Gasteiger charge is -2.31. The molecule has 1 unspecified atom stereocenters. The van der Waals surface area contributed by atoms with Gasteiger partial charge in [-0.15, -0.1) is 0 Å². The van der Waals surface area contributed by atoms with Crippen LogP contribution in [0.25, 0.3) is 0 Å². The van der Waals surface area contributed by atoms with Gasteiger partial charge in [-0.3, -0.25) is 4.79 Å². The van der Waals surface area contributed by atoms with Crippen molar-refractivity contribution in [1.29, 1.82) is 0 Å². The molecule has 0 spiro atoms. The number of nitrogens with zero attached hydrogens (tertiary/aromatic N) is 1. The first-order chi connectivity index (χ1) is 14.3. The Balaban J connectivity index is 1.68. The molecule has 1 aliphatic heterocycles. The molecule has 160 valence electrons. The number of benzene rings is 2. The van der Waals surface area contributed by atoms with Crippen LogP contribution in [0, 0.1) is 11.7 Å². The lowest BCUT2D eigenvalue weighted by atomic mass is 9.97. The smallest absolute Gasteiger partial charge is 0.326 e. The first kappa shape index (κ1) is 21.9. The van der Waals surface area contributed by atoms with E-state index in [1.807, 2.05) is 6.07 Å². The fraction of sp³-hybridized carbons (Fsp3) is 0.333. The second kappa shape index (κ2) is 9.36. The molecule has 1 saturated heterocycles. The number of nitrogens with one attached hydrogen (secondary N) is 1. The maximum absolute atomic E-state index is 13.1. The molecule has 0 aliphatic carbocycles. The van der Waals surface area contributed by atoms with E-state index >= 15 is 0 Å². The van der Waals surface area contributed by atoms with Gasteiger partial charge in [0, 0.05) is 19.5 Å². The summed E-state index contributed by atoms with van der Waals surface area (Å²) in [5, 5.41) is 12.0. The van der Waals surface area contributed by atoms with Crippen LogP contribution in [0.4, 0.5) is 4.39 Å². The molecule has 9 heteroatoms. The topological polar surface area (TPSA) is 104 Å². The van der Waals surface area contributed by atoms with Gasteiger partial charge in [0.25, 0.3) is 0 Å². The van der Waals surface area contributed by atoms with Crippen LogP contribution in [0.2, 0.25) is 0 Å². The van der Waals surface area contributed by atoms with Gasteiger partial charge < -0.3 is 10.4 Å². The lowest BCUT2D eigenvalue weighted by molar-refractivity contribution is -0.142. The maximum Gasteiger partial charge on any atom is 0.326 e. The summed E-state index contributed by atoms with van der Waals surface area (Å²) in [5.74, 6) is -2.84. The third kappa shape index (κ3) is 5.22. The van der Waals surface area contributed by atoms with Crippen molar-refractivity contribution in [3.63, 3.8) is 0 Å². The summed E-state index contributed by atoms with van der Waals surface area (Å²) in [5.41, 5.74) is 0.773. The zero-order valence-electron chi connectivity index (χ0n) is 16.2. The lowest BCUT2D eigenvalue weighted by Crippen LogP contribution is -2.50. The van der Waals surface area contributed by atoms with E-state index in [9.17, 15) is 27.5 Å². The molecule has 2 aromatic carbocycles. The molecule has 2 atom stereocenters. The van der Waals surface area contributed by atoms with E-state index in [1.54, 1.807) is 24.3 Å². The fourth-order valence-electron chi connectivity index (χ4n) is 3.47. The molecule has 1 amide bonds. The number of carboxylic acids is 1. The van der Waals surface area contributed by atoms with E-state index in [1.165, 1.54) is 16.4 Å². The van der Waals surface area contributed by atoms with Crippen molar-refractivity contribution in [3.05, 3.63) is 66.0 Å². The number of hydrogen-bond donors (Lipinski definition) is 2. The number of carbonyl (C=O) groups excluding carboxylic acids is 1. The summed E-state index contributed by atoms with van der Waals surface area (Å²) < 4.78 is 39.9. The van der Waals surface area contributed by atoms with E-state index in [-0.39, 0.29) is 24.4 Å². The van der Waals surface area contributed by atoms with Gasteiger partial charge in [0.1, 0.15) is 11.9 Å². The molecule has 1 aliphatic rings. The molecule has 3 rings (SSSR count). The molecule has 2 N–H and O–H groups in total. The number of carbonyl (C=O) groups is 2. The summed E-state index contributed by atoms with van der Waals surface area (Å²) in [4.78, 5) is 24.3. The Labute approximate surface area is 174 Å². The number of sulfonamides is 1. The van der Waals surface area contributed by atoms with Crippen LogP contribution >= 0.6 is 0 Å². The first-order valence-electron chi connectivity index (χ1n) is 9.60. The van der Waals surface area contributed by atoms with Crippen LogP contribution in [0.5, 0.6) is 0 Å². The van der Waals surface area contributed by atoms with Gasteiger partial charge in [-0.05, 0) is 42.7 Å². The Morgan fingerprint density at radius 1 is 1.13 bits per heavy atom. The standard InChI is InChI=1S/C21H23FN2O5S/c22-17-8-10-18(11-9-17)30(28,29)24-12-4-7-16(14-24)20(25)23-19(21(26)27)13-15-5-2-1-3-6-15/h1-3,5-6,8-11,16,19H,4,7,12-14H2,(H,23,25)(H,26,27)/t16?,19-/m0/s1. The van der Waals surface area contributed by atoms with Crippen LogP contribution in [-0.2, 0) is 26.0 Å². The van der Waals surface area contributed by atoms with Gasteiger partial charge in [0.15, 0.2) is 0 Å². The highest BCUT2D eigenvalue weighted by molar-refractivity contribution is 7.89. The zero-order valence-corrected chi connectivity index (χ0v) is 17.0. The minimum Gasteiger partial charge on any atom is -0.480 e. The highest BCUT2D eigenvalue weighted by Gasteiger charge is 2.34. The van der Waals surface area contributed by atoms with Crippen LogP contribution in [0.15, 0.2) is 59.5 Å². The Bertz CT molecular complexity index is 996. The van der Waals surface area contributed by atoms with E-state index in [2.05, 4.69) is 5.32 Å². The second-order valence-corrected chi connectivity index (χ2v) is 9.18. The van der Waals surface area contributed by atoms with Gasteiger partial charge in [-0.2, -0.15) is 4.31 Å². The minimum absolute atomic E-state index is 0.0440. The molecule has 2 aromatic rings. The van der Waals surface area contributed by atoms with Gasteiger partial charge in [-0.25, -0.2) is 17.6 Å². The molecule has 0 aromatic heterocycles. The van der Waals surface area contributed by atoms with Gasteiger partial charge in [0.2, 0.25) is 15.9 Å². The van der Waals surface area contributed by atoms with Crippen molar-refractivity contribution in [2.45, 2.75) is 30.2 Å². The summed E-state index contributed by atoms with van der Waals surface area (Å²) in [6.45, 7) is 0.194. The Morgan fingerprint density at radius 2 is 1.80 bits per heavy atom. The third-order valence-electron chi connectivity index (χ3n) is 5.10.